The Hall–Kier alpha value is -1.50. The molecule has 1 heterocycles. The van der Waals surface area contributed by atoms with Crippen molar-refractivity contribution in [3.8, 4) is 0 Å². The minimum atomic E-state index is -0.358. The standard InChI is InChI=1S/C17H25ClN4O2.ClH/c1-12(19)14-6-8-22(9-7-14)16(23)11-21-17(24)20-10-13-2-4-15(18)5-3-13;/h2-5,12,14H,6-11,19H2,1H3,(H2,20,21,24);1H. The summed E-state index contributed by atoms with van der Waals surface area (Å²) in [6.07, 6.45) is 1.85. The highest BCUT2D eigenvalue weighted by Gasteiger charge is 2.24. The molecule has 1 fully saturated rings. The lowest BCUT2D eigenvalue weighted by atomic mass is 9.91. The predicted molar refractivity (Wildman–Crippen MR) is 102 cm³/mol. The van der Waals surface area contributed by atoms with Gasteiger partial charge in [-0.05, 0) is 43.4 Å². The van der Waals surface area contributed by atoms with Crippen molar-refractivity contribution in [2.75, 3.05) is 19.6 Å². The van der Waals surface area contributed by atoms with Gasteiger partial charge in [0.25, 0.3) is 0 Å². The van der Waals surface area contributed by atoms with E-state index in [-0.39, 0.29) is 36.9 Å². The molecule has 0 aliphatic carbocycles. The molecule has 1 aromatic carbocycles. The molecular formula is C17H26Cl2N4O2. The largest absolute Gasteiger partial charge is 0.341 e. The first-order valence-corrected chi connectivity index (χ1v) is 8.63. The van der Waals surface area contributed by atoms with E-state index >= 15 is 0 Å². The Morgan fingerprint density at radius 3 is 2.40 bits per heavy atom. The average molecular weight is 389 g/mol. The van der Waals surface area contributed by atoms with Crippen molar-refractivity contribution in [2.45, 2.75) is 32.4 Å². The molecular weight excluding hydrogens is 363 g/mol. The second-order valence-electron chi connectivity index (χ2n) is 6.24. The third-order valence-electron chi connectivity index (χ3n) is 4.40. The first kappa shape index (κ1) is 21.5. The Balaban J connectivity index is 0.00000312. The Labute approximate surface area is 159 Å². The molecule has 25 heavy (non-hydrogen) atoms. The summed E-state index contributed by atoms with van der Waals surface area (Å²) >= 11 is 5.81. The van der Waals surface area contributed by atoms with Crippen molar-refractivity contribution < 1.29 is 9.59 Å². The van der Waals surface area contributed by atoms with Crippen LogP contribution >= 0.6 is 24.0 Å². The molecule has 0 bridgehead atoms. The summed E-state index contributed by atoms with van der Waals surface area (Å²) in [5.41, 5.74) is 6.84. The van der Waals surface area contributed by atoms with Crippen molar-refractivity contribution in [2.24, 2.45) is 11.7 Å². The normalized spacial score (nSPS) is 15.9. The number of nitrogens with one attached hydrogen (secondary N) is 2. The van der Waals surface area contributed by atoms with E-state index in [0.29, 0.717) is 30.6 Å². The first-order valence-electron chi connectivity index (χ1n) is 8.25. The van der Waals surface area contributed by atoms with E-state index in [4.69, 9.17) is 17.3 Å². The van der Waals surface area contributed by atoms with Gasteiger partial charge in [-0.3, -0.25) is 4.79 Å². The van der Waals surface area contributed by atoms with Crippen LogP contribution in [0.2, 0.25) is 5.02 Å². The first-order chi connectivity index (χ1) is 11.5. The van der Waals surface area contributed by atoms with Gasteiger partial charge in [-0.15, -0.1) is 12.4 Å². The van der Waals surface area contributed by atoms with E-state index in [1.807, 2.05) is 19.1 Å². The van der Waals surface area contributed by atoms with Crippen LogP contribution in [0.4, 0.5) is 4.79 Å². The summed E-state index contributed by atoms with van der Waals surface area (Å²) in [5.74, 6) is 0.421. The van der Waals surface area contributed by atoms with Gasteiger partial charge in [0.1, 0.15) is 0 Å². The number of amides is 3. The minimum absolute atomic E-state index is 0. The zero-order chi connectivity index (χ0) is 17.5. The number of likely N-dealkylation sites (tertiary alicyclic amines) is 1. The van der Waals surface area contributed by atoms with Crippen LogP contribution in [0.25, 0.3) is 0 Å². The lowest BCUT2D eigenvalue weighted by Crippen LogP contribution is -2.47. The Morgan fingerprint density at radius 2 is 1.84 bits per heavy atom. The van der Waals surface area contributed by atoms with E-state index in [2.05, 4.69) is 10.6 Å². The fourth-order valence-corrected chi connectivity index (χ4v) is 2.92. The lowest BCUT2D eigenvalue weighted by Gasteiger charge is -2.33. The summed E-state index contributed by atoms with van der Waals surface area (Å²) in [7, 11) is 0. The molecule has 8 heteroatoms. The van der Waals surface area contributed by atoms with Crippen LogP contribution < -0.4 is 16.4 Å². The number of nitrogens with zero attached hydrogens (tertiary/aromatic N) is 1. The topological polar surface area (TPSA) is 87.5 Å². The Kier molecular flexibility index (Phi) is 9.03. The van der Waals surface area contributed by atoms with Gasteiger partial charge in [0, 0.05) is 30.7 Å². The van der Waals surface area contributed by atoms with Gasteiger partial charge in [-0.2, -0.15) is 0 Å². The molecule has 1 aromatic rings. The van der Waals surface area contributed by atoms with Crippen LogP contribution in [-0.4, -0.2) is 42.5 Å². The Morgan fingerprint density at radius 1 is 1.24 bits per heavy atom. The Bertz CT molecular complexity index is 558. The minimum Gasteiger partial charge on any atom is -0.341 e. The number of carbonyl (C=O) groups excluding carboxylic acids is 2. The zero-order valence-electron chi connectivity index (χ0n) is 14.3. The van der Waals surface area contributed by atoms with Gasteiger partial charge < -0.3 is 21.3 Å². The maximum absolute atomic E-state index is 12.1. The monoisotopic (exact) mass is 388 g/mol. The van der Waals surface area contributed by atoms with Gasteiger partial charge in [-0.1, -0.05) is 23.7 Å². The molecule has 0 saturated carbocycles. The number of rotatable bonds is 5. The number of nitrogens with two attached hydrogens (primary N) is 1. The van der Waals surface area contributed by atoms with Crippen molar-refractivity contribution >= 4 is 35.9 Å². The fraction of sp³-hybridized carbons (Fsp3) is 0.529. The second-order valence-corrected chi connectivity index (χ2v) is 6.68. The highest BCUT2D eigenvalue weighted by atomic mass is 35.5. The highest BCUT2D eigenvalue weighted by molar-refractivity contribution is 6.30. The van der Waals surface area contributed by atoms with Crippen molar-refractivity contribution in [1.82, 2.24) is 15.5 Å². The third-order valence-corrected chi connectivity index (χ3v) is 4.65. The summed E-state index contributed by atoms with van der Waals surface area (Å²) in [4.78, 5) is 25.7. The van der Waals surface area contributed by atoms with Crippen LogP contribution in [0.15, 0.2) is 24.3 Å². The number of halogens is 2. The number of carbonyl (C=O) groups is 2. The number of hydrogen-bond acceptors (Lipinski definition) is 3. The van der Waals surface area contributed by atoms with E-state index in [1.165, 1.54) is 0 Å². The maximum Gasteiger partial charge on any atom is 0.315 e. The molecule has 1 unspecified atom stereocenters. The molecule has 6 nitrogen and oxygen atoms in total. The van der Waals surface area contributed by atoms with Gasteiger partial charge in [0.15, 0.2) is 0 Å². The summed E-state index contributed by atoms with van der Waals surface area (Å²) in [6, 6.07) is 7.03. The van der Waals surface area contributed by atoms with Crippen LogP contribution in [0.3, 0.4) is 0 Å². The van der Waals surface area contributed by atoms with E-state index in [1.54, 1.807) is 17.0 Å². The molecule has 1 aliphatic rings. The number of benzene rings is 1. The zero-order valence-corrected chi connectivity index (χ0v) is 15.9. The lowest BCUT2D eigenvalue weighted by molar-refractivity contribution is -0.131. The smallest absolute Gasteiger partial charge is 0.315 e. The molecule has 140 valence electrons. The third kappa shape index (κ3) is 7.10. The quantitative estimate of drug-likeness (QED) is 0.721. The summed E-state index contributed by atoms with van der Waals surface area (Å²) in [6.45, 7) is 3.82. The predicted octanol–water partition coefficient (Wildman–Crippen LogP) is 2.15. The van der Waals surface area contributed by atoms with Crippen molar-refractivity contribution in [1.29, 1.82) is 0 Å². The summed E-state index contributed by atoms with van der Waals surface area (Å²) < 4.78 is 0. The van der Waals surface area contributed by atoms with Crippen LogP contribution in [0.5, 0.6) is 0 Å². The van der Waals surface area contributed by atoms with Crippen LogP contribution in [0.1, 0.15) is 25.3 Å². The van der Waals surface area contributed by atoms with E-state index in [9.17, 15) is 9.59 Å². The van der Waals surface area contributed by atoms with Gasteiger partial charge in [0.2, 0.25) is 5.91 Å². The molecule has 1 aliphatic heterocycles. The van der Waals surface area contributed by atoms with Gasteiger partial charge >= 0.3 is 6.03 Å². The summed E-state index contributed by atoms with van der Waals surface area (Å²) in [5, 5.41) is 5.98. The number of hydrogen-bond donors (Lipinski definition) is 3. The van der Waals surface area contributed by atoms with Gasteiger partial charge in [0.05, 0.1) is 6.54 Å². The molecule has 2 rings (SSSR count). The maximum atomic E-state index is 12.1. The fourth-order valence-electron chi connectivity index (χ4n) is 2.79. The molecule has 0 spiro atoms. The molecule has 1 saturated heterocycles. The second kappa shape index (κ2) is 10.5. The molecule has 4 N–H and O–H groups in total. The molecule has 3 amide bonds. The average Bonchev–Trinajstić information content (AvgIpc) is 2.59. The molecule has 0 aromatic heterocycles. The SMILES string of the molecule is CC(N)C1CCN(C(=O)CNC(=O)NCc2ccc(Cl)cc2)CC1.Cl. The van der Waals surface area contributed by atoms with Crippen molar-refractivity contribution in [3.05, 3.63) is 34.9 Å². The number of piperidine rings is 1. The molecule has 1 atom stereocenters. The highest BCUT2D eigenvalue weighted by Crippen LogP contribution is 2.19. The van der Waals surface area contributed by atoms with Crippen molar-refractivity contribution in [3.63, 3.8) is 0 Å². The number of urea groups is 1. The van der Waals surface area contributed by atoms with E-state index in [0.717, 1.165) is 18.4 Å². The van der Waals surface area contributed by atoms with Crippen LogP contribution in [0, 0.1) is 5.92 Å². The van der Waals surface area contributed by atoms with Gasteiger partial charge in [-0.25, -0.2) is 4.79 Å². The van der Waals surface area contributed by atoms with E-state index < -0.39 is 0 Å². The molecule has 0 radical (unpaired) electrons. The van der Waals surface area contributed by atoms with Crippen LogP contribution in [-0.2, 0) is 11.3 Å².